The van der Waals surface area contributed by atoms with E-state index in [2.05, 4.69) is 34.6 Å². The Hall–Kier alpha value is 0.137. The molecule has 0 aliphatic carbocycles. The molecule has 0 fully saturated rings. The van der Waals surface area contributed by atoms with Gasteiger partial charge in [0.15, 0.2) is 0 Å². The molecule has 3 heteroatoms. The zero-order valence-corrected chi connectivity index (χ0v) is 17.8. The van der Waals surface area contributed by atoms with Crippen LogP contribution in [0.1, 0.15) is 105 Å². The van der Waals surface area contributed by atoms with E-state index in [1.54, 1.807) is 0 Å². The van der Waals surface area contributed by atoms with Crippen molar-refractivity contribution < 1.29 is 8.85 Å². The summed E-state index contributed by atoms with van der Waals surface area (Å²) in [5.74, 6) is 0. The van der Waals surface area contributed by atoms with Crippen molar-refractivity contribution in [1.29, 1.82) is 0 Å². The van der Waals surface area contributed by atoms with Crippen LogP contribution in [-0.4, -0.2) is 21.3 Å². The summed E-state index contributed by atoms with van der Waals surface area (Å²) in [5, 5.41) is 0. The summed E-state index contributed by atoms with van der Waals surface area (Å²) in [6.45, 7) is 12.2. The van der Waals surface area contributed by atoms with Crippen LogP contribution in [0.4, 0.5) is 0 Å². The molecule has 0 N–H and O–H groups in total. The molecule has 2 nitrogen and oxygen atoms in total. The zero-order valence-electron chi connectivity index (χ0n) is 16.8. The molecule has 0 radical (unpaired) electrons. The average Bonchev–Trinajstić information content (AvgIpc) is 2.58. The minimum atomic E-state index is -1.97. The van der Waals surface area contributed by atoms with E-state index in [4.69, 9.17) is 8.85 Å². The van der Waals surface area contributed by atoms with Gasteiger partial charge in [-0.15, -0.1) is 0 Å². The van der Waals surface area contributed by atoms with E-state index in [9.17, 15) is 0 Å². The molecule has 0 aromatic heterocycles. The molecule has 1 unspecified atom stereocenters. The molecule has 0 rings (SSSR count). The highest BCUT2D eigenvalue weighted by molar-refractivity contribution is 6.67. The lowest BCUT2D eigenvalue weighted by molar-refractivity contribution is 0.0972. The first-order chi connectivity index (χ1) is 11.2. The topological polar surface area (TPSA) is 18.5 Å². The fourth-order valence-corrected chi connectivity index (χ4v) is 5.78. The summed E-state index contributed by atoms with van der Waals surface area (Å²) in [6.07, 6.45) is 14.5. The third-order valence-electron chi connectivity index (χ3n) is 4.81. The SMILES string of the molecule is CCCCCCCCO[Si](CC)(CC)OC(CCC)CCCC. The maximum Gasteiger partial charge on any atom is 0.337 e. The van der Waals surface area contributed by atoms with Gasteiger partial charge in [0.25, 0.3) is 0 Å². The molecule has 0 spiro atoms. The zero-order chi connectivity index (χ0) is 17.4. The fraction of sp³-hybridized carbons (Fsp3) is 1.00. The average molecular weight is 345 g/mol. The highest BCUT2D eigenvalue weighted by Crippen LogP contribution is 2.25. The van der Waals surface area contributed by atoms with Crippen molar-refractivity contribution in [2.75, 3.05) is 6.61 Å². The standard InChI is InChI=1S/C20H44O2Si/c1-6-11-13-14-15-16-19-21-23(9-4,10-5)22-20(17-8-3)18-12-7-2/h20H,6-19H2,1-5H3. The van der Waals surface area contributed by atoms with Crippen LogP contribution in [0, 0.1) is 0 Å². The third kappa shape index (κ3) is 11.3. The third-order valence-corrected chi connectivity index (χ3v) is 8.46. The maximum absolute atomic E-state index is 6.64. The van der Waals surface area contributed by atoms with Gasteiger partial charge in [-0.05, 0) is 31.4 Å². The van der Waals surface area contributed by atoms with Gasteiger partial charge in [0.1, 0.15) is 0 Å². The molecule has 0 aliphatic rings. The van der Waals surface area contributed by atoms with Gasteiger partial charge in [-0.3, -0.25) is 0 Å². The van der Waals surface area contributed by atoms with Crippen molar-refractivity contribution in [3.05, 3.63) is 0 Å². The van der Waals surface area contributed by atoms with Crippen LogP contribution in [0.2, 0.25) is 12.1 Å². The monoisotopic (exact) mass is 344 g/mol. The maximum atomic E-state index is 6.64. The summed E-state index contributed by atoms with van der Waals surface area (Å²) in [6, 6.07) is 2.18. The highest BCUT2D eigenvalue weighted by Gasteiger charge is 2.35. The normalized spacial score (nSPS) is 13.4. The molecular weight excluding hydrogens is 300 g/mol. The first-order valence-electron chi connectivity index (χ1n) is 10.5. The molecule has 23 heavy (non-hydrogen) atoms. The Morgan fingerprint density at radius 3 is 1.83 bits per heavy atom. The summed E-state index contributed by atoms with van der Waals surface area (Å²) < 4.78 is 13.0. The fourth-order valence-electron chi connectivity index (χ4n) is 3.12. The first-order valence-corrected chi connectivity index (χ1v) is 12.7. The Balaban J connectivity index is 4.24. The molecule has 0 saturated carbocycles. The Kier molecular flexibility index (Phi) is 15.7. The first kappa shape index (κ1) is 23.1. The molecule has 0 heterocycles. The van der Waals surface area contributed by atoms with Crippen molar-refractivity contribution in [2.24, 2.45) is 0 Å². The van der Waals surface area contributed by atoms with Gasteiger partial charge in [0, 0.05) is 12.7 Å². The Morgan fingerprint density at radius 1 is 0.652 bits per heavy atom. The number of rotatable bonds is 17. The Labute approximate surface area is 148 Å². The Morgan fingerprint density at radius 2 is 1.26 bits per heavy atom. The van der Waals surface area contributed by atoms with Crippen LogP contribution < -0.4 is 0 Å². The molecule has 0 amide bonds. The second-order valence-electron chi connectivity index (χ2n) is 6.90. The summed E-state index contributed by atoms with van der Waals surface area (Å²) in [5.41, 5.74) is 0. The minimum Gasteiger partial charge on any atom is -0.394 e. The van der Waals surface area contributed by atoms with Crippen molar-refractivity contribution >= 4 is 8.56 Å². The van der Waals surface area contributed by atoms with E-state index in [1.165, 1.54) is 70.6 Å². The quantitative estimate of drug-likeness (QED) is 0.205. The van der Waals surface area contributed by atoms with Gasteiger partial charge in [0.05, 0.1) is 0 Å². The molecule has 0 aromatic rings. The number of unbranched alkanes of at least 4 members (excludes halogenated alkanes) is 6. The van der Waals surface area contributed by atoms with Crippen LogP contribution in [0.5, 0.6) is 0 Å². The largest absolute Gasteiger partial charge is 0.394 e. The van der Waals surface area contributed by atoms with E-state index < -0.39 is 8.56 Å². The predicted molar refractivity (Wildman–Crippen MR) is 105 cm³/mol. The van der Waals surface area contributed by atoms with Crippen molar-refractivity contribution in [3.8, 4) is 0 Å². The smallest absolute Gasteiger partial charge is 0.337 e. The predicted octanol–water partition coefficient (Wildman–Crippen LogP) is 7.22. The van der Waals surface area contributed by atoms with Crippen LogP contribution in [0.15, 0.2) is 0 Å². The van der Waals surface area contributed by atoms with Gasteiger partial charge in [0.2, 0.25) is 0 Å². The van der Waals surface area contributed by atoms with Gasteiger partial charge in [-0.25, -0.2) is 0 Å². The Bertz CT molecular complexity index is 242. The number of hydrogen-bond acceptors (Lipinski definition) is 2. The number of hydrogen-bond donors (Lipinski definition) is 0. The van der Waals surface area contributed by atoms with Crippen molar-refractivity contribution in [2.45, 2.75) is 123 Å². The van der Waals surface area contributed by atoms with Crippen LogP contribution in [0.3, 0.4) is 0 Å². The molecule has 0 aliphatic heterocycles. The van der Waals surface area contributed by atoms with Crippen molar-refractivity contribution in [1.82, 2.24) is 0 Å². The van der Waals surface area contributed by atoms with E-state index >= 15 is 0 Å². The van der Waals surface area contributed by atoms with E-state index in [-0.39, 0.29) is 0 Å². The summed E-state index contributed by atoms with van der Waals surface area (Å²) >= 11 is 0. The second-order valence-corrected chi connectivity index (χ2v) is 10.7. The van der Waals surface area contributed by atoms with E-state index in [1.807, 2.05) is 0 Å². The van der Waals surface area contributed by atoms with Crippen LogP contribution >= 0.6 is 0 Å². The lowest BCUT2D eigenvalue weighted by Gasteiger charge is -2.33. The highest BCUT2D eigenvalue weighted by atomic mass is 28.4. The minimum absolute atomic E-state index is 0.427. The molecular formula is C20H44O2Si. The van der Waals surface area contributed by atoms with E-state index in [0.717, 1.165) is 18.7 Å². The van der Waals surface area contributed by atoms with Crippen LogP contribution in [-0.2, 0) is 8.85 Å². The lowest BCUT2D eigenvalue weighted by atomic mass is 10.1. The molecule has 140 valence electrons. The van der Waals surface area contributed by atoms with Gasteiger partial charge < -0.3 is 8.85 Å². The van der Waals surface area contributed by atoms with Gasteiger partial charge in [-0.2, -0.15) is 0 Å². The molecule has 1 atom stereocenters. The van der Waals surface area contributed by atoms with Gasteiger partial charge >= 0.3 is 8.56 Å². The second kappa shape index (κ2) is 15.7. The van der Waals surface area contributed by atoms with Crippen molar-refractivity contribution in [3.63, 3.8) is 0 Å². The molecule has 0 saturated heterocycles. The summed E-state index contributed by atoms with van der Waals surface area (Å²) in [7, 11) is -1.97. The molecule has 0 bridgehead atoms. The van der Waals surface area contributed by atoms with E-state index in [0.29, 0.717) is 6.10 Å². The molecule has 0 aromatic carbocycles. The van der Waals surface area contributed by atoms with Gasteiger partial charge in [-0.1, -0.05) is 86.0 Å². The van der Waals surface area contributed by atoms with Crippen LogP contribution in [0.25, 0.3) is 0 Å². The lowest BCUT2D eigenvalue weighted by Crippen LogP contribution is -2.44. The summed E-state index contributed by atoms with van der Waals surface area (Å²) in [4.78, 5) is 0.